The summed E-state index contributed by atoms with van der Waals surface area (Å²) in [6.45, 7) is 3.22. The van der Waals surface area contributed by atoms with Gasteiger partial charge in [0.25, 0.3) is 0 Å². The first-order chi connectivity index (χ1) is 7.31. The Morgan fingerprint density at radius 3 is 3.20 bits per heavy atom. The second-order valence-corrected chi connectivity index (χ2v) is 5.82. The normalized spacial score (nSPS) is 20.8. The van der Waals surface area contributed by atoms with Gasteiger partial charge in [-0.2, -0.15) is 11.8 Å². The Bertz CT molecular complexity index is 340. The van der Waals surface area contributed by atoms with E-state index in [9.17, 15) is 0 Å². The smallest absolute Gasteiger partial charge is 0.0331 e. The first kappa shape index (κ1) is 11.5. The maximum Gasteiger partial charge on any atom is 0.0331 e. The van der Waals surface area contributed by atoms with Crippen LogP contribution in [-0.4, -0.2) is 12.3 Å². The molecule has 1 heterocycles. The van der Waals surface area contributed by atoms with E-state index in [2.05, 4.69) is 46.4 Å². The fraction of sp³-hybridized carbons (Fsp3) is 0.500. The van der Waals surface area contributed by atoms with Gasteiger partial charge in [-0.1, -0.05) is 28.9 Å². The molecule has 0 aromatic heterocycles. The molecule has 0 radical (unpaired) electrons. The third-order valence-electron chi connectivity index (χ3n) is 2.74. The maximum atomic E-state index is 3.57. The van der Waals surface area contributed by atoms with Crippen molar-refractivity contribution in [2.45, 2.75) is 25.1 Å². The molecule has 0 spiro atoms. The molecule has 82 valence electrons. The Morgan fingerprint density at radius 1 is 1.53 bits per heavy atom. The number of hydrogen-bond donors (Lipinski definition) is 1. The van der Waals surface area contributed by atoms with E-state index >= 15 is 0 Å². The van der Waals surface area contributed by atoms with E-state index in [1.54, 1.807) is 0 Å². The Hall–Kier alpha value is 0.01000. The standard InChI is InChI=1S/C12H16BrNS/c1-2-14-12-5-6-15-8-9-3-4-10(13)7-11(9)12/h3-4,7,12,14H,2,5-6,8H2,1H3. The molecule has 2 rings (SSSR count). The van der Waals surface area contributed by atoms with E-state index < -0.39 is 0 Å². The van der Waals surface area contributed by atoms with Crippen LogP contribution in [0.4, 0.5) is 0 Å². The molecule has 1 unspecified atom stereocenters. The molecule has 15 heavy (non-hydrogen) atoms. The van der Waals surface area contributed by atoms with E-state index in [0.717, 1.165) is 12.3 Å². The average Bonchev–Trinajstić information content (AvgIpc) is 2.42. The molecular formula is C12H16BrNS. The lowest BCUT2D eigenvalue weighted by molar-refractivity contribution is 0.540. The quantitative estimate of drug-likeness (QED) is 0.889. The van der Waals surface area contributed by atoms with Crippen molar-refractivity contribution in [1.29, 1.82) is 0 Å². The lowest BCUT2D eigenvalue weighted by Gasteiger charge is -2.18. The summed E-state index contributed by atoms with van der Waals surface area (Å²) in [7, 11) is 0. The lowest BCUT2D eigenvalue weighted by atomic mass is 9.99. The largest absolute Gasteiger partial charge is 0.310 e. The maximum absolute atomic E-state index is 3.57. The van der Waals surface area contributed by atoms with Crippen molar-refractivity contribution in [3.63, 3.8) is 0 Å². The molecular weight excluding hydrogens is 270 g/mol. The number of benzene rings is 1. The van der Waals surface area contributed by atoms with E-state index in [1.165, 1.54) is 27.8 Å². The highest BCUT2D eigenvalue weighted by molar-refractivity contribution is 9.10. The van der Waals surface area contributed by atoms with Crippen LogP contribution in [0.1, 0.15) is 30.5 Å². The Kier molecular flexibility index (Phi) is 4.12. The second kappa shape index (κ2) is 5.37. The van der Waals surface area contributed by atoms with Crippen LogP contribution < -0.4 is 5.32 Å². The number of thioether (sulfide) groups is 1. The minimum atomic E-state index is 0.539. The van der Waals surface area contributed by atoms with Crippen molar-refractivity contribution in [3.8, 4) is 0 Å². The van der Waals surface area contributed by atoms with Gasteiger partial charge in [0.1, 0.15) is 0 Å². The van der Waals surface area contributed by atoms with E-state index in [0.29, 0.717) is 6.04 Å². The summed E-state index contributed by atoms with van der Waals surface area (Å²) < 4.78 is 1.19. The molecule has 1 atom stereocenters. The predicted octanol–water partition coefficient (Wildman–Crippen LogP) is 3.74. The van der Waals surface area contributed by atoms with Gasteiger partial charge in [-0.05, 0) is 42.0 Å². The molecule has 0 saturated carbocycles. The first-order valence-corrected chi connectivity index (χ1v) is 7.35. The fourth-order valence-corrected chi connectivity index (χ4v) is 3.43. The van der Waals surface area contributed by atoms with Crippen molar-refractivity contribution >= 4 is 27.7 Å². The molecule has 0 aliphatic carbocycles. The van der Waals surface area contributed by atoms with Gasteiger partial charge in [0.15, 0.2) is 0 Å². The summed E-state index contributed by atoms with van der Waals surface area (Å²) in [4.78, 5) is 0. The number of halogens is 1. The third kappa shape index (κ3) is 2.77. The zero-order valence-electron chi connectivity index (χ0n) is 8.92. The summed E-state index contributed by atoms with van der Waals surface area (Å²) in [5, 5.41) is 3.57. The summed E-state index contributed by atoms with van der Waals surface area (Å²) in [6, 6.07) is 7.21. The number of nitrogens with one attached hydrogen (secondary N) is 1. The van der Waals surface area contributed by atoms with Crippen LogP contribution in [0.15, 0.2) is 22.7 Å². The van der Waals surface area contributed by atoms with Gasteiger partial charge >= 0.3 is 0 Å². The van der Waals surface area contributed by atoms with Crippen LogP contribution in [0.25, 0.3) is 0 Å². The Balaban J connectivity index is 2.33. The minimum Gasteiger partial charge on any atom is -0.310 e. The molecule has 1 aromatic rings. The van der Waals surface area contributed by atoms with Crippen LogP contribution in [0.2, 0.25) is 0 Å². The van der Waals surface area contributed by atoms with Crippen molar-refractivity contribution in [3.05, 3.63) is 33.8 Å². The molecule has 1 aromatic carbocycles. The molecule has 1 nitrogen and oxygen atoms in total. The molecule has 0 fully saturated rings. The number of rotatable bonds is 2. The van der Waals surface area contributed by atoms with Gasteiger partial charge in [-0.3, -0.25) is 0 Å². The molecule has 0 saturated heterocycles. The molecule has 3 heteroatoms. The van der Waals surface area contributed by atoms with Gasteiger partial charge in [-0.15, -0.1) is 0 Å². The SMILES string of the molecule is CCNC1CCSCc2ccc(Br)cc21. The van der Waals surface area contributed by atoms with Crippen LogP contribution in [-0.2, 0) is 5.75 Å². The van der Waals surface area contributed by atoms with Crippen molar-refractivity contribution in [2.75, 3.05) is 12.3 Å². The molecule has 1 aliphatic heterocycles. The highest BCUT2D eigenvalue weighted by atomic mass is 79.9. The summed E-state index contributed by atoms with van der Waals surface area (Å²) in [6.07, 6.45) is 1.24. The summed E-state index contributed by atoms with van der Waals surface area (Å²) in [5.41, 5.74) is 2.97. The van der Waals surface area contributed by atoms with E-state index in [-0.39, 0.29) is 0 Å². The lowest BCUT2D eigenvalue weighted by Crippen LogP contribution is -2.21. The van der Waals surface area contributed by atoms with Gasteiger partial charge in [-0.25, -0.2) is 0 Å². The number of hydrogen-bond acceptors (Lipinski definition) is 2. The van der Waals surface area contributed by atoms with Crippen molar-refractivity contribution in [2.24, 2.45) is 0 Å². The summed E-state index contributed by atoms with van der Waals surface area (Å²) in [5.74, 6) is 2.41. The fourth-order valence-electron chi connectivity index (χ4n) is 2.02. The highest BCUT2D eigenvalue weighted by Gasteiger charge is 2.17. The van der Waals surface area contributed by atoms with Crippen LogP contribution in [0.5, 0.6) is 0 Å². The van der Waals surface area contributed by atoms with Gasteiger partial charge < -0.3 is 5.32 Å². The topological polar surface area (TPSA) is 12.0 Å². The van der Waals surface area contributed by atoms with E-state index in [4.69, 9.17) is 0 Å². The minimum absolute atomic E-state index is 0.539. The van der Waals surface area contributed by atoms with Crippen LogP contribution in [0, 0.1) is 0 Å². The predicted molar refractivity (Wildman–Crippen MR) is 71.3 cm³/mol. The van der Waals surface area contributed by atoms with Crippen LogP contribution in [0.3, 0.4) is 0 Å². The summed E-state index contributed by atoms with van der Waals surface area (Å²) >= 11 is 5.60. The number of fused-ring (bicyclic) bond motifs is 1. The van der Waals surface area contributed by atoms with Gasteiger partial charge in [0, 0.05) is 16.3 Å². The van der Waals surface area contributed by atoms with Crippen molar-refractivity contribution in [1.82, 2.24) is 5.32 Å². The molecule has 0 amide bonds. The van der Waals surface area contributed by atoms with Crippen LogP contribution >= 0.6 is 27.7 Å². The molecule has 1 aliphatic rings. The zero-order valence-corrected chi connectivity index (χ0v) is 11.3. The van der Waals surface area contributed by atoms with E-state index in [1.807, 2.05) is 11.8 Å². The average molecular weight is 286 g/mol. The second-order valence-electron chi connectivity index (χ2n) is 3.79. The van der Waals surface area contributed by atoms with Crippen molar-refractivity contribution < 1.29 is 0 Å². The molecule has 0 bridgehead atoms. The van der Waals surface area contributed by atoms with Gasteiger partial charge in [0.2, 0.25) is 0 Å². The highest BCUT2D eigenvalue weighted by Crippen LogP contribution is 2.32. The zero-order chi connectivity index (χ0) is 10.7. The first-order valence-electron chi connectivity index (χ1n) is 5.40. The molecule has 1 N–H and O–H groups in total. The Morgan fingerprint density at radius 2 is 2.40 bits per heavy atom. The Labute approximate surface area is 104 Å². The third-order valence-corrected chi connectivity index (χ3v) is 4.28. The van der Waals surface area contributed by atoms with Gasteiger partial charge in [0.05, 0.1) is 0 Å². The monoisotopic (exact) mass is 285 g/mol.